The van der Waals surface area contributed by atoms with E-state index in [1.807, 2.05) is 11.3 Å². The Labute approximate surface area is 107 Å². The van der Waals surface area contributed by atoms with Gasteiger partial charge in [0.15, 0.2) is 0 Å². The Morgan fingerprint density at radius 3 is 2.71 bits per heavy atom. The molecule has 1 atom stereocenters. The fourth-order valence-electron chi connectivity index (χ4n) is 2.59. The van der Waals surface area contributed by atoms with Gasteiger partial charge in [-0.1, -0.05) is 0 Å². The van der Waals surface area contributed by atoms with Crippen molar-refractivity contribution in [3.8, 4) is 0 Å². The monoisotopic (exact) mass is 254 g/mol. The van der Waals surface area contributed by atoms with Crippen LogP contribution in [0.2, 0.25) is 0 Å². The fraction of sp³-hybridized carbons (Fsp3) is 0.692. The van der Waals surface area contributed by atoms with E-state index in [1.165, 1.54) is 10.4 Å². The summed E-state index contributed by atoms with van der Waals surface area (Å²) >= 11 is 1.81. The van der Waals surface area contributed by atoms with Crippen LogP contribution in [-0.2, 0) is 0 Å². The lowest BCUT2D eigenvalue weighted by Gasteiger charge is -2.36. The van der Waals surface area contributed by atoms with Crippen molar-refractivity contribution in [1.82, 2.24) is 4.90 Å². The number of aryl methyl sites for hydroxylation is 1. The van der Waals surface area contributed by atoms with Gasteiger partial charge in [-0.3, -0.25) is 4.90 Å². The number of hydrogen-bond acceptors (Lipinski definition) is 4. The average Bonchev–Trinajstić information content (AvgIpc) is 2.78. The van der Waals surface area contributed by atoms with E-state index in [1.54, 1.807) is 0 Å². The first-order valence-corrected chi connectivity index (χ1v) is 7.23. The Hall–Kier alpha value is -0.420. The van der Waals surface area contributed by atoms with Crippen LogP contribution in [0, 0.1) is 12.8 Å². The van der Waals surface area contributed by atoms with Crippen LogP contribution in [0.1, 0.15) is 29.3 Å². The predicted octanol–water partition coefficient (Wildman–Crippen LogP) is 1.76. The molecule has 4 heteroatoms. The van der Waals surface area contributed by atoms with Gasteiger partial charge in [0, 0.05) is 18.0 Å². The Morgan fingerprint density at radius 1 is 1.53 bits per heavy atom. The van der Waals surface area contributed by atoms with Crippen LogP contribution in [0.15, 0.2) is 11.4 Å². The number of aliphatic hydroxyl groups is 1. The molecule has 1 aromatic rings. The van der Waals surface area contributed by atoms with Crippen LogP contribution in [0.3, 0.4) is 0 Å². The van der Waals surface area contributed by atoms with E-state index in [0.717, 1.165) is 25.9 Å². The highest BCUT2D eigenvalue weighted by atomic mass is 32.1. The van der Waals surface area contributed by atoms with E-state index >= 15 is 0 Å². The fourth-order valence-corrected chi connectivity index (χ4v) is 3.67. The summed E-state index contributed by atoms with van der Waals surface area (Å²) in [4.78, 5) is 3.89. The number of aliphatic hydroxyl groups excluding tert-OH is 1. The maximum atomic E-state index is 9.16. The normalized spacial score (nSPS) is 20.6. The van der Waals surface area contributed by atoms with Crippen molar-refractivity contribution < 1.29 is 5.11 Å². The third-order valence-corrected chi connectivity index (χ3v) is 4.90. The minimum atomic E-state index is 0.333. The molecule has 2 heterocycles. The van der Waals surface area contributed by atoms with Crippen molar-refractivity contribution in [1.29, 1.82) is 0 Å². The van der Waals surface area contributed by atoms with Gasteiger partial charge in [-0.2, -0.15) is 0 Å². The van der Waals surface area contributed by atoms with Gasteiger partial charge in [0.25, 0.3) is 0 Å². The van der Waals surface area contributed by atoms with Gasteiger partial charge >= 0.3 is 0 Å². The van der Waals surface area contributed by atoms with E-state index in [-0.39, 0.29) is 0 Å². The molecule has 1 aliphatic heterocycles. The number of hydrogen-bond donors (Lipinski definition) is 2. The van der Waals surface area contributed by atoms with Gasteiger partial charge in [0.1, 0.15) is 0 Å². The Bertz CT molecular complexity index is 345. The zero-order chi connectivity index (χ0) is 12.3. The quantitative estimate of drug-likeness (QED) is 0.861. The van der Waals surface area contributed by atoms with Gasteiger partial charge in [-0.05, 0) is 55.8 Å². The molecule has 1 saturated heterocycles. The van der Waals surface area contributed by atoms with E-state index < -0.39 is 0 Å². The van der Waals surface area contributed by atoms with Crippen molar-refractivity contribution in [2.45, 2.75) is 25.8 Å². The summed E-state index contributed by atoms with van der Waals surface area (Å²) < 4.78 is 0. The summed E-state index contributed by atoms with van der Waals surface area (Å²) in [7, 11) is 0. The summed E-state index contributed by atoms with van der Waals surface area (Å²) in [5, 5.41) is 11.3. The number of likely N-dealkylation sites (tertiary alicyclic amines) is 1. The molecule has 0 bridgehead atoms. The molecule has 2 rings (SSSR count). The molecule has 1 fully saturated rings. The molecule has 3 N–H and O–H groups in total. The molecule has 0 aliphatic carbocycles. The van der Waals surface area contributed by atoms with Crippen molar-refractivity contribution in [3.05, 3.63) is 21.9 Å². The molecule has 0 aromatic carbocycles. The maximum absolute atomic E-state index is 9.16. The van der Waals surface area contributed by atoms with Crippen molar-refractivity contribution in [2.24, 2.45) is 11.7 Å². The molecular formula is C13H22N2OS. The largest absolute Gasteiger partial charge is 0.396 e. The number of nitrogens with two attached hydrogens (primary N) is 1. The molecule has 1 unspecified atom stereocenters. The first-order valence-electron chi connectivity index (χ1n) is 6.35. The van der Waals surface area contributed by atoms with E-state index in [0.29, 0.717) is 25.1 Å². The van der Waals surface area contributed by atoms with Crippen LogP contribution in [0.25, 0.3) is 0 Å². The Balaban J connectivity index is 2.03. The lowest BCUT2D eigenvalue weighted by atomic mass is 9.96. The Kier molecular flexibility index (Phi) is 4.56. The topological polar surface area (TPSA) is 49.5 Å². The summed E-state index contributed by atoms with van der Waals surface area (Å²) in [6.45, 7) is 5.30. The van der Waals surface area contributed by atoms with E-state index in [4.69, 9.17) is 10.8 Å². The van der Waals surface area contributed by atoms with Crippen molar-refractivity contribution >= 4 is 11.3 Å². The zero-order valence-electron chi connectivity index (χ0n) is 10.4. The van der Waals surface area contributed by atoms with Gasteiger partial charge in [0.05, 0.1) is 6.04 Å². The summed E-state index contributed by atoms with van der Waals surface area (Å²) in [5.74, 6) is 0.495. The molecule has 1 aromatic heterocycles. The molecule has 0 radical (unpaired) electrons. The molecule has 1 aliphatic rings. The first kappa shape index (κ1) is 13.0. The lowest BCUT2D eigenvalue weighted by molar-refractivity contribution is 0.103. The third-order valence-electron chi connectivity index (χ3n) is 3.78. The van der Waals surface area contributed by atoms with Gasteiger partial charge in [-0.25, -0.2) is 0 Å². The predicted molar refractivity (Wildman–Crippen MR) is 72.2 cm³/mol. The minimum Gasteiger partial charge on any atom is -0.396 e. The molecule has 96 valence electrons. The smallest absolute Gasteiger partial charge is 0.0566 e. The highest BCUT2D eigenvalue weighted by Crippen LogP contribution is 2.31. The second-order valence-corrected chi connectivity index (χ2v) is 5.83. The molecular weight excluding hydrogens is 232 g/mol. The number of piperidine rings is 1. The van der Waals surface area contributed by atoms with E-state index in [9.17, 15) is 0 Å². The van der Waals surface area contributed by atoms with Crippen LogP contribution >= 0.6 is 11.3 Å². The Morgan fingerprint density at radius 2 is 2.24 bits per heavy atom. The summed E-state index contributed by atoms with van der Waals surface area (Å²) in [6, 6.07) is 2.54. The lowest BCUT2D eigenvalue weighted by Crippen LogP contribution is -2.40. The van der Waals surface area contributed by atoms with Crippen molar-refractivity contribution in [3.63, 3.8) is 0 Å². The van der Waals surface area contributed by atoms with Crippen LogP contribution in [0.4, 0.5) is 0 Å². The minimum absolute atomic E-state index is 0.333. The maximum Gasteiger partial charge on any atom is 0.0566 e. The average molecular weight is 254 g/mol. The molecule has 17 heavy (non-hydrogen) atoms. The number of rotatable bonds is 4. The van der Waals surface area contributed by atoms with Gasteiger partial charge in [0.2, 0.25) is 0 Å². The third kappa shape index (κ3) is 2.88. The molecule has 3 nitrogen and oxygen atoms in total. The number of thiophene rings is 1. The SMILES string of the molecule is Cc1ccsc1C(CN)N1CCC(CO)CC1. The van der Waals surface area contributed by atoms with Gasteiger partial charge in [-0.15, -0.1) is 11.3 Å². The standard InChI is InChI=1S/C13H22N2OS/c1-10-4-7-17-13(10)12(8-14)15-5-2-11(9-16)3-6-15/h4,7,11-12,16H,2-3,5-6,8-9,14H2,1H3. The van der Waals surface area contributed by atoms with E-state index in [2.05, 4.69) is 23.3 Å². The molecule has 0 amide bonds. The highest BCUT2D eigenvalue weighted by molar-refractivity contribution is 7.10. The van der Waals surface area contributed by atoms with Crippen LogP contribution in [-0.4, -0.2) is 36.2 Å². The summed E-state index contributed by atoms with van der Waals surface area (Å²) in [5.41, 5.74) is 7.30. The zero-order valence-corrected chi connectivity index (χ0v) is 11.2. The molecule has 0 saturated carbocycles. The van der Waals surface area contributed by atoms with Gasteiger partial charge < -0.3 is 10.8 Å². The summed E-state index contributed by atoms with van der Waals surface area (Å²) in [6.07, 6.45) is 2.19. The highest BCUT2D eigenvalue weighted by Gasteiger charge is 2.26. The second-order valence-electron chi connectivity index (χ2n) is 4.88. The first-order chi connectivity index (χ1) is 8.26. The second kappa shape index (κ2) is 5.96. The molecule has 0 spiro atoms. The van der Waals surface area contributed by atoms with Crippen LogP contribution in [0.5, 0.6) is 0 Å². The van der Waals surface area contributed by atoms with Crippen LogP contribution < -0.4 is 5.73 Å². The number of nitrogens with zero attached hydrogens (tertiary/aromatic N) is 1. The van der Waals surface area contributed by atoms with Crippen molar-refractivity contribution in [2.75, 3.05) is 26.2 Å².